The highest BCUT2D eigenvalue weighted by molar-refractivity contribution is 6.31. The maximum atomic E-state index is 6.23. The standard InChI is InChI=1S/C16H25ClN2/c1-12-5-4-8-19(10-12)11-14(9-18)15-6-3-7-16(17)13(15)2/h3,6-7,12,14H,4-5,8-11,18H2,1-2H3. The van der Waals surface area contributed by atoms with Crippen molar-refractivity contribution < 1.29 is 0 Å². The molecule has 1 heterocycles. The fourth-order valence-corrected chi connectivity index (χ4v) is 3.31. The maximum absolute atomic E-state index is 6.23. The van der Waals surface area contributed by atoms with E-state index in [1.54, 1.807) is 0 Å². The smallest absolute Gasteiger partial charge is 0.0438 e. The molecule has 2 nitrogen and oxygen atoms in total. The Kier molecular flexibility index (Phi) is 5.26. The number of halogens is 1. The molecule has 1 aliphatic rings. The van der Waals surface area contributed by atoms with E-state index in [4.69, 9.17) is 17.3 Å². The minimum Gasteiger partial charge on any atom is -0.330 e. The fourth-order valence-electron chi connectivity index (χ4n) is 3.13. The monoisotopic (exact) mass is 280 g/mol. The van der Waals surface area contributed by atoms with Crippen molar-refractivity contribution in [3.63, 3.8) is 0 Å². The minimum absolute atomic E-state index is 0.393. The van der Waals surface area contributed by atoms with E-state index >= 15 is 0 Å². The maximum Gasteiger partial charge on any atom is 0.0438 e. The van der Waals surface area contributed by atoms with Crippen molar-refractivity contribution in [3.8, 4) is 0 Å². The van der Waals surface area contributed by atoms with Gasteiger partial charge in [0.15, 0.2) is 0 Å². The molecule has 2 atom stereocenters. The van der Waals surface area contributed by atoms with Crippen molar-refractivity contribution in [2.75, 3.05) is 26.2 Å². The van der Waals surface area contributed by atoms with E-state index in [9.17, 15) is 0 Å². The van der Waals surface area contributed by atoms with Gasteiger partial charge in [-0.15, -0.1) is 0 Å². The van der Waals surface area contributed by atoms with Gasteiger partial charge in [0.05, 0.1) is 0 Å². The Balaban J connectivity index is 2.09. The molecule has 2 N–H and O–H groups in total. The van der Waals surface area contributed by atoms with Gasteiger partial charge >= 0.3 is 0 Å². The van der Waals surface area contributed by atoms with Gasteiger partial charge < -0.3 is 10.6 Å². The number of nitrogens with zero attached hydrogens (tertiary/aromatic N) is 1. The van der Waals surface area contributed by atoms with E-state index in [0.717, 1.165) is 17.5 Å². The summed E-state index contributed by atoms with van der Waals surface area (Å²) in [5.74, 6) is 1.21. The quantitative estimate of drug-likeness (QED) is 0.916. The lowest BCUT2D eigenvalue weighted by molar-refractivity contribution is 0.175. The Morgan fingerprint density at radius 3 is 2.95 bits per heavy atom. The number of hydrogen-bond acceptors (Lipinski definition) is 2. The first-order chi connectivity index (χ1) is 9.11. The number of likely N-dealkylation sites (tertiary alicyclic amines) is 1. The number of rotatable bonds is 4. The molecule has 0 spiro atoms. The lowest BCUT2D eigenvalue weighted by Gasteiger charge is -2.34. The second-order valence-corrected chi connectivity index (χ2v) is 6.30. The van der Waals surface area contributed by atoms with Crippen LogP contribution in [0.1, 0.15) is 36.8 Å². The summed E-state index contributed by atoms with van der Waals surface area (Å²) >= 11 is 6.23. The van der Waals surface area contributed by atoms with E-state index in [1.807, 2.05) is 12.1 Å². The van der Waals surface area contributed by atoms with Gasteiger partial charge in [-0.3, -0.25) is 0 Å². The molecule has 2 rings (SSSR count). The van der Waals surface area contributed by atoms with E-state index in [-0.39, 0.29) is 0 Å². The second-order valence-electron chi connectivity index (χ2n) is 5.89. The summed E-state index contributed by atoms with van der Waals surface area (Å²) in [5.41, 5.74) is 8.50. The van der Waals surface area contributed by atoms with Crippen LogP contribution in [0.3, 0.4) is 0 Å². The van der Waals surface area contributed by atoms with Crippen LogP contribution >= 0.6 is 11.6 Å². The molecule has 0 amide bonds. The van der Waals surface area contributed by atoms with Crippen LogP contribution in [0.15, 0.2) is 18.2 Å². The van der Waals surface area contributed by atoms with Crippen molar-refractivity contribution in [1.29, 1.82) is 0 Å². The molecule has 1 fully saturated rings. The Labute approximate surface area is 121 Å². The van der Waals surface area contributed by atoms with Crippen molar-refractivity contribution >= 4 is 11.6 Å². The number of nitrogens with two attached hydrogens (primary N) is 1. The first-order valence-corrected chi connectivity index (χ1v) is 7.67. The van der Waals surface area contributed by atoms with Crippen LogP contribution in [-0.2, 0) is 0 Å². The van der Waals surface area contributed by atoms with E-state index in [0.29, 0.717) is 12.5 Å². The Hall–Kier alpha value is -0.570. The van der Waals surface area contributed by atoms with Gasteiger partial charge in [-0.2, -0.15) is 0 Å². The third-order valence-corrected chi connectivity index (χ3v) is 4.66. The molecule has 1 aliphatic heterocycles. The summed E-state index contributed by atoms with van der Waals surface area (Å²) in [6, 6.07) is 6.16. The van der Waals surface area contributed by atoms with Gasteiger partial charge in [0.25, 0.3) is 0 Å². The zero-order valence-corrected chi connectivity index (χ0v) is 12.8. The van der Waals surface area contributed by atoms with Gasteiger partial charge in [0, 0.05) is 30.6 Å². The summed E-state index contributed by atoms with van der Waals surface area (Å²) in [5, 5.41) is 0.850. The number of hydrogen-bond donors (Lipinski definition) is 1. The largest absolute Gasteiger partial charge is 0.330 e. The molecule has 2 unspecified atom stereocenters. The van der Waals surface area contributed by atoms with Crippen molar-refractivity contribution in [3.05, 3.63) is 34.3 Å². The normalized spacial score (nSPS) is 22.4. The Morgan fingerprint density at radius 1 is 1.47 bits per heavy atom. The van der Waals surface area contributed by atoms with Gasteiger partial charge in [0.1, 0.15) is 0 Å². The molecule has 1 aromatic rings. The van der Waals surface area contributed by atoms with Crippen LogP contribution in [0.2, 0.25) is 5.02 Å². The molecule has 3 heteroatoms. The predicted octanol–water partition coefficient (Wildman–Crippen LogP) is 3.42. The molecular weight excluding hydrogens is 256 g/mol. The van der Waals surface area contributed by atoms with Gasteiger partial charge in [0.2, 0.25) is 0 Å². The minimum atomic E-state index is 0.393. The van der Waals surface area contributed by atoms with Crippen molar-refractivity contribution in [2.24, 2.45) is 11.7 Å². The summed E-state index contributed by atoms with van der Waals surface area (Å²) in [4.78, 5) is 2.56. The van der Waals surface area contributed by atoms with Crippen LogP contribution in [0.4, 0.5) is 0 Å². The summed E-state index contributed by atoms with van der Waals surface area (Å²) in [6.45, 7) is 8.60. The highest BCUT2D eigenvalue weighted by Gasteiger charge is 2.21. The SMILES string of the molecule is Cc1c(Cl)cccc1C(CN)CN1CCCC(C)C1. The molecule has 106 valence electrons. The van der Waals surface area contributed by atoms with E-state index < -0.39 is 0 Å². The Morgan fingerprint density at radius 2 is 2.26 bits per heavy atom. The summed E-state index contributed by atoms with van der Waals surface area (Å²) in [7, 11) is 0. The van der Waals surface area contributed by atoms with Gasteiger partial charge in [-0.05, 0) is 49.4 Å². The van der Waals surface area contributed by atoms with Crippen molar-refractivity contribution in [2.45, 2.75) is 32.6 Å². The zero-order valence-electron chi connectivity index (χ0n) is 12.0. The molecule has 1 aromatic carbocycles. The molecule has 0 bridgehead atoms. The highest BCUT2D eigenvalue weighted by Crippen LogP contribution is 2.27. The number of piperidine rings is 1. The fraction of sp³-hybridized carbons (Fsp3) is 0.625. The molecule has 0 radical (unpaired) electrons. The molecular formula is C16H25ClN2. The molecule has 19 heavy (non-hydrogen) atoms. The van der Waals surface area contributed by atoms with Gasteiger partial charge in [-0.1, -0.05) is 30.7 Å². The van der Waals surface area contributed by atoms with Crippen LogP contribution < -0.4 is 5.73 Å². The average molecular weight is 281 g/mol. The first-order valence-electron chi connectivity index (χ1n) is 7.29. The molecule has 0 aliphatic carbocycles. The summed E-state index contributed by atoms with van der Waals surface area (Å²) < 4.78 is 0. The highest BCUT2D eigenvalue weighted by atomic mass is 35.5. The number of benzene rings is 1. The van der Waals surface area contributed by atoms with Crippen LogP contribution in [0.5, 0.6) is 0 Å². The Bertz CT molecular complexity index is 419. The van der Waals surface area contributed by atoms with Crippen LogP contribution in [0, 0.1) is 12.8 Å². The van der Waals surface area contributed by atoms with Crippen LogP contribution in [-0.4, -0.2) is 31.1 Å². The lowest BCUT2D eigenvalue weighted by atomic mass is 9.92. The zero-order chi connectivity index (χ0) is 13.8. The first kappa shape index (κ1) is 14.8. The molecule has 0 aromatic heterocycles. The van der Waals surface area contributed by atoms with E-state index in [1.165, 1.54) is 37.1 Å². The second kappa shape index (κ2) is 6.74. The topological polar surface area (TPSA) is 29.3 Å². The predicted molar refractivity (Wildman–Crippen MR) is 82.8 cm³/mol. The van der Waals surface area contributed by atoms with Crippen molar-refractivity contribution in [1.82, 2.24) is 4.90 Å². The average Bonchev–Trinajstić information content (AvgIpc) is 2.40. The van der Waals surface area contributed by atoms with Crippen LogP contribution in [0.25, 0.3) is 0 Å². The third kappa shape index (κ3) is 3.71. The molecule has 1 saturated heterocycles. The summed E-state index contributed by atoms with van der Waals surface area (Å²) in [6.07, 6.45) is 2.67. The molecule has 0 saturated carbocycles. The third-order valence-electron chi connectivity index (χ3n) is 4.25. The lowest BCUT2D eigenvalue weighted by Crippen LogP contribution is -2.38. The van der Waals surface area contributed by atoms with Gasteiger partial charge in [-0.25, -0.2) is 0 Å². The van der Waals surface area contributed by atoms with E-state index in [2.05, 4.69) is 24.8 Å².